The number of likely N-dealkylation sites (N-methyl/N-ethyl adjacent to an activating group) is 2. The molecule has 0 atom stereocenters. The molecule has 104 valence electrons. The van der Waals surface area contributed by atoms with Gasteiger partial charge in [0.05, 0.1) is 26.0 Å². The standard InChI is InChI=1S/C12H18N4O3/c1-5-16(8-11(17)15(2)3)10-7-13-6-9(14-10)12(18)19-4/h6-7H,5,8H2,1-4H3. The van der Waals surface area contributed by atoms with Crippen molar-refractivity contribution < 1.29 is 14.3 Å². The Balaban J connectivity index is 2.92. The molecule has 0 bridgehead atoms. The second-order valence-electron chi connectivity index (χ2n) is 4.06. The fourth-order valence-corrected chi connectivity index (χ4v) is 1.37. The van der Waals surface area contributed by atoms with Crippen LogP contribution in [0.3, 0.4) is 0 Å². The summed E-state index contributed by atoms with van der Waals surface area (Å²) in [5.41, 5.74) is 0.121. The molecule has 1 rings (SSSR count). The Hall–Kier alpha value is -2.18. The molecule has 0 aromatic carbocycles. The third-order valence-corrected chi connectivity index (χ3v) is 2.55. The minimum absolute atomic E-state index is 0.0490. The maximum atomic E-state index is 11.7. The van der Waals surface area contributed by atoms with Gasteiger partial charge in [-0.3, -0.25) is 9.78 Å². The van der Waals surface area contributed by atoms with Crippen molar-refractivity contribution in [3.63, 3.8) is 0 Å². The lowest BCUT2D eigenvalue weighted by Crippen LogP contribution is -2.37. The zero-order valence-corrected chi connectivity index (χ0v) is 11.6. The van der Waals surface area contributed by atoms with E-state index in [0.717, 1.165) is 0 Å². The van der Waals surface area contributed by atoms with Gasteiger partial charge in [-0.05, 0) is 6.92 Å². The van der Waals surface area contributed by atoms with Crippen molar-refractivity contribution in [3.8, 4) is 0 Å². The van der Waals surface area contributed by atoms with Crippen LogP contribution in [-0.4, -0.2) is 61.0 Å². The van der Waals surface area contributed by atoms with Crippen LogP contribution in [0.15, 0.2) is 12.4 Å². The Morgan fingerprint density at radius 2 is 2.00 bits per heavy atom. The second kappa shape index (κ2) is 6.67. The summed E-state index contributed by atoms with van der Waals surface area (Å²) in [6, 6.07) is 0. The van der Waals surface area contributed by atoms with Gasteiger partial charge in [0.15, 0.2) is 5.69 Å². The summed E-state index contributed by atoms with van der Waals surface area (Å²) >= 11 is 0. The topological polar surface area (TPSA) is 75.6 Å². The van der Waals surface area contributed by atoms with E-state index in [-0.39, 0.29) is 18.1 Å². The van der Waals surface area contributed by atoms with E-state index in [1.165, 1.54) is 24.4 Å². The molecule has 0 aliphatic carbocycles. The number of amides is 1. The van der Waals surface area contributed by atoms with Crippen LogP contribution in [0.2, 0.25) is 0 Å². The second-order valence-corrected chi connectivity index (χ2v) is 4.06. The van der Waals surface area contributed by atoms with Crippen LogP contribution in [-0.2, 0) is 9.53 Å². The van der Waals surface area contributed by atoms with E-state index in [1.54, 1.807) is 19.0 Å². The summed E-state index contributed by atoms with van der Waals surface area (Å²) in [6.45, 7) is 2.66. The Morgan fingerprint density at radius 1 is 1.32 bits per heavy atom. The number of ether oxygens (including phenoxy) is 1. The quantitative estimate of drug-likeness (QED) is 0.708. The van der Waals surface area contributed by atoms with E-state index < -0.39 is 5.97 Å². The summed E-state index contributed by atoms with van der Waals surface area (Å²) in [5.74, 6) is -0.128. The lowest BCUT2D eigenvalue weighted by molar-refractivity contribution is -0.127. The zero-order chi connectivity index (χ0) is 14.4. The third kappa shape index (κ3) is 3.90. The fraction of sp³-hybridized carbons (Fsp3) is 0.500. The van der Waals surface area contributed by atoms with Crippen molar-refractivity contribution in [2.45, 2.75) is 6.92 Å². The number of carbonyl (C=O) groups excluding carboxylic acids is 2. The molecule has 0 fully saturated rings. The molecule has 19 heavy (non-hydrogen) atoms. The molecular formula is C12H18N4O3. The van der Waals surface area contributed by atoms with Crippen LogP contribution in [0.4, 0.5) is 5.82 Å². The maximum absolute atomic E-state index is 11.7. The first kappa shape index (κ1) is 14.9. The predicted molar refractivity (Wildman–Crippen MR) is 70.0 cm³/mol. The van der Waals surface area contributed by atoms with Gasteiger partial charge < -0.3 is 14.5 Å². The first-order valence-corrected chi connectivity index (χ1v) is 5.85. The molecule has 0 saturated heterocycles. The number of aromatic nitrogens is 2. The van der Waals surface area contributed by atoms with Crippen LogP contribution >= 0.6 is 0 Å². The number of rotatable bonds is 5. The van der Waals surface area contributed by atoms with Gasteiger partial charge in [-0.2, -0.15) is 0 Å². The smallest absolute Gasteiger partial charge is 0.358 e. The first-order valence-electron chi connectivity index (χ1n) is 5.85. The molecule has 7 nitrogen and oxygen atoms in total. The van der Waals surface area contributed by atoms with E-state index in [1.807, 2.05) is 6.92 Å². The molecule has 1 aromatic heterocycles. The Labute approximate surface area is 112 Å². The van der Waals surface area contributed by atoms with Gasteiger partial charge in [0.25, 0.3) is 0 Å². The average molecular weight is 266 g/mol. The fourth-order valence-electron chi connectivity index (χ4n) is 1.37. The highest BCUT2D eigenvalue weighted by Gasteiger charge is 2.15. The molecule has 0 aliphatic heterocycles. The summed E-state index contributed by atoms with van der Waals surface area (Å²) < 4.78 is 4.59. The highest BCUT2D eigenvalue weighted by atomic mass is 16.5. The van der Waals surface area contributed by atoms with E-state index in [2.05, 4.69) is 14.7 Å². The van der Waals surface area contributed by atoms with Crippen molar-refractivity contribution in [2.75, 3.05) is 39.2 Å². The molecule has 0 radical (unpaired) electrons. The Kier molecular flexibility index (Phi) is 5.23. The van der Waals surface area contributed by atoms with E-state index in [0.29, 0.717) is 12.4 Å². The number of nitrogens with zero attached hydrogens (tertiary/aromatic N) is 4. The van der Waals surface area contributed by atoms with Crippen LogP contribution in [0, 0.1) is 0 Å². The lowest BCUT2D eigenvalue weighted by Gasteiger charge is -2.22. The molecule has 0 aliphatic rings. The molecule has 0 unspecified atom stereocenters. The Morgan fingerprint density at radius 3 is 2.53 bits per heavy atom. The summed E-state index contributed by atoms with van der Waals surface area (Å²) in [7, 11) is 4.66. The van der Waals surface area contributed by atoms with Crippen molar-refractivity contribution in [2.24, 2.45) is 0 Å². The first-order chi connectivity index (χ1) is 8.99. The maximum Gasteiger partial charge on any atom is 0.358 e. The molecule has 1 amide bonds. The highest BCUT2D eigenvalue weighted by Crippen LogP contribution is 2.10. The lowest BCUT2D eigenvalue weighted by atomic mass is 10.4. The van der Waals surface area contributed by atoms with E-state index in [9.17, 15) is 9.59 Å². The van der Waals surface area contributed by atoms with Gasteiger partial charge in [0.1, 0.15) is 5.82 Å². The zero-order valence-electron chi connectivity index (χ0n) is 11.6. The predicted octanol–water partition coefficient (Wildman–Crippen LogP) is 0.178. The number of hydrogen-bond acceptors (Lipinski definition) is 6. The van der Waals surface area contributed by atoms with Gasteiger partial charge in [0, 0.05) is 20.6 Å². The largest absolute Gasteiger partial charge is 0.464 e. The Bertz CT molecular complexity index is 462. The SMILES string of the molecule is CCN(CC(=O)N(C)C)c1cncc(C(=O)OC)n1. The van der Waals surface area contributed by atoms with Crippen LogP contribution in [0.25, 0.3) is 0 Å². The molecule has 0 saturated carbocycles. The van der Waals surface area contributed by atoms with Crippen molar-refractivity contribution in [1.82, 2.24) is 14.9 Å². The third-order valence-electron chi connectivity index (χ3n) is 2.55. The highest BCUT2D eigenvalue weighted by molar-refractivity contribution is 5.87. The average Bonchev–Trinajstić information content (AvgIpc) is 2.43. The summed E-state index contributed by atoms with van der Waals surface area (Å²) in [5, 5.41) is 0. The molecule has 7 heteroatoms. The monoisotopic (exact) mass is 266 g/mol. The van der Waals surface area contributed by atoms with E-state index >= 15 is 0 Å². The van der Waals surface area contributed by atoms with Crippen molar-refractivity contribution in [1.29, 1.82) is 0 Å². The van der Waals surface area contributed by atoms with Crippen molar-refractivity contribution in [3.05, 3.63) is 18.1 Å². The molecule has 1 aromatic rings. The number of esters is 1. The normalized spacial score (nSPS) is 9.89. The minimum Gasteiger partial charge on any atom is -0.464 e. The van der Waals surface area contributed by atoms with Crippen molar-refractivity contribution >= 4 is 17.7 Å². The van der Waals surface area contributed by atoms with Crippen LogP contribution < -0.4 is 4.90 Å². The van der Waals surface area contributed by atoms with Gasteiger partial charge in [-0.25, -0.2) is 9.78 Å². The van der Waals surface area contributed by atoms with Crippen LogP contribution in [0.1, 0.15) is 17.4 Å². The molecule has 0 spiro atoms. The summed E-state index contributed by atoms with van der Waals surface area (Å²) in [4.78, 5) is 34.4. The van der Waals surface area contributed by atoms with Crippen LogP contribution in [0.5, 0.6) is 0 Å². The minimum atomic E-state index is -0.552. The summed E-state index contributed by atoms with van der Waals surface area (Å²) in [6.07, 6.45) is 2.84. The van der Waals surface area contributed by atoms with Gasteiger partial charge in [-0.1, -0.05) is 0 Å². The number of carbonyl (C=O) groups is 2. The molecule has 0 N–H and O–H groups in total. The van der Waals surface area contributed by atoms with Gasteiger partial charge in [-0.15, -0.1) is 0 Å². The number of hydrogen-bond donors (Lipinski definition) is 0. The van der Waals surface area contributed by atoms with E-state index in [4.69, 9.17) is 0 Å². The van der Waals surface area contributed by atoms with Gasteiger partial charge in [0.2, 0.25) is 5.91 Å². The number of anilines is 1. The molecular weight excluding hydrogens is 248 g/mol. The molecule has 1 heterocycles. The number of methoxy groups -OCH3 is 1. The van der Waals surface area contributed by atoms with Gasteiger partial charge >= 0.3 is 5.97 Å².